The smallest absolute Gasteiger partial charge is 0.339 e. The quantitative estimate of drug-likeness (QED) is 0.852. The molecule has 7 heteroatoms. The molecule has 1 aromatic heterocycles. The molecule has 2 aromatic rings. The van der Waals surface area contributed by atoms with Gasteiger partial charge in [-0.15, -0.1) is 0 Å². The van der Waals surface area contributed by atoms with Crippen LogP contribution in [0.15, 0.2) is 28.7 Å². The molecule has 0 aliphatic carbocycles. The van der Waals surface area contributed by atoms with Gasteiger partial charge in [-0.3, -0.25) is 4.79 Å². The Hall–Kier alpha value is -2.96. The zero-order valence-corrected chi connectivity index (χ0v) is 14.9. The number of carbonyl (C=O) groups is 2. The summed E-state index contributed by atoms with van der Waals surface area (Å²) < 4.78 is 16.5. The fourth-order valence-electron chi connectivity index (χ4n) is 2.79. The number of carboxylic acids is 1. The van der Waals surface area contributed by atoms with Crippen LogP contribution in [0.1, 0.15) is 41.3 Å². The van der Waals surface area contributed by atoms with Crippen LogP contribution in [0.5, 0.6) is 11.5 Å². The average molecular weight is 359 g/mol. The average Bonchev–Trinajstić information content (AvgIpc) is 3.00. The molecule has 138 valence electrons. The van der Waals surface area contributed by atoms with Gasteiger partial charge in [-0.25, -0.2) is 4.79 Å². The van der Waals surface area contributed by atoms with Gasteiger partial charge in [-0.05, 0) is 44.5 Å². The van der Waals surface area contributed by atoms with Gasteiger partial charge in [0.1, 0.15) is 30.3 Å². The van der Waals surface area contributed by atoms with E-state index >= 15 is 0 Å². The van der Waals surface area contributed by atoms with E-state index in [0.29, 0.717) is 36.2 Å². The molecule has 1 aromatic carbocycles. The van der Waals surface area contributed by atoms with Gasteiger partial charge in [-0.1, -0.05) is 6.07 Å². The Bertz CT molecular complexity index is 852. The second-order valence-electron chi connectivity index (χ2n) is 6.65. The largest absolute Gasteiger partial charge is 0.486 e. The van der Waals surface area contributed by atoms with E-state index in [2.05, 4.69) is 5.32 Å². The number of fused-ring (bicyclic) bond motifs is 1. The third-order valence-electron chi connectivity index (χ3n) is 4.45. The zero-order chi connectivity index (χ0) is 18.9. The minimum absolute atomic E-state index is 0.0975. The number of ether oxygens (including phenoxy) is 2. The van der Waals surface area contributed by atoms with Gasteiger partial charge in [-0.2, -0.15) is 0 Å². The van der Waals surface area contributed by atoms with Crippen LogP contribution >= 0.6 is 0 Å². The number of hydrogen-bond acceptors (Lipinski definition) is 5. The first kappa shape index (κ1) is 17.8. The van der Waals surface area contributed by atoms with Gasteiger partial charge < -0.3 is 24.3 Å². The molecule has 1 aliphatic rings. The van der Waals surface area contributed by atoms with E-state index in [-0.39, 0.29) is 18.0 Å². The molecule has 1 amide bonds. The molecule has 26 heavy (non-hydrogen) atoms. The number of rotatable bonds is 5. The molecule has 3 rings (SSSR count). The number of benzene rings is 1. The first-order valence-corrected chi connectivity index (χ1v) is 8.30. The molecule has 0 unspecified atom stereocenters. The van der Waals surface area contributed by atoms with Crippen molar-refractivity contribution < 1.29 is 28.6 Å². The van der Waals surface area contributed by atoms with E-state index < -0.39 is 11.4 Å². The molecular formula is C19H21NO6. The molecule has 0 radical (unpaired) electrons. The molecule has 2 N–H and O–H groups in total. The Balaban J connectivity index is 1.72. The van der Waals surface area contributed by atoms with Crippen molar-refractivity contribution in [1.82, 2.24) is 5.32 Å². The predicted molar refractivity (Wildman–Crippen MR) is 92.7 cm³/mol. The van der Waals surface area contributed by atoms with Gasteiger partial charge in [0, 0.05) is 0 Å². The summed E-state index contributed by atoms with van der Waals surface area (Å²) >= 11 is 0. The third kappa shape index (κ3) is 3.37. The number of carboxylic acid groups (broad SMARTS) is 1. The Morgan fingerprint density at radius 3 is 2.50 bits per heavy atom. The Morgan fingerprint density at radius 1 is 1.15 bits per heavy atom. The fourth-order valence-corrected chi connectivity index (χ4v) is 2.79. The highest BCUT2D eigenvalue weighted by atomic mass is 16.6. The molecule has 7 nitrogen and oxygen atoms in total. The summed E-state index contributed by atoms with van der Waals surface area (Å²) in [7, 11) is 0. The van der Waals surface area contributed by atoms with Crippen molar-refractivity contribution in [2.75, 3.05) is 13.2 Å². The summed E-state index contributed by atoms with van der Waals surface area (Å²) in [5, 5.41) is 11.9. The second-order valence-corrected chi connectivity index (χ2v) is 6.65. The number of aryl methyl sites for hydroxylation is 1. The molecule has 0 spiro atoms. The molecule has 0 atom stereocenters. The van der Waals surface area contributed by atoms with E-state index in [0.717, 1.165) is 5.56 Å². The van der Waals surface area contributed by atoms with Crippen LogP contribution in [0.4, 0.5) is 0 Å². The van der Waals surface area contributed by atoms with Crippen molar-refractivity contribution in [3.63, 3.8) is 0 Å². The molecule has 1 aliphatic heterocycles. The first-order valence-electron chi connectivity index (χ1n) is 8.30. The number of aromatic carboxylic acids is 1. The summed E-state index contributed by atoms with van der Waals surface area (Å²) in [5.41, 5.74) is 0.0778. The number of amides is 1. The number of carbonyl (C=O) groups excluding carboxylic acids is 1. The summed E-state index contributed by atoms with van der Waals surface area (Å²) in [6.07, 6.45) is 0. The normalized spacial score (nSPS) is 13.3. The second kappa shape index (κ2) is 6.74. The molecule has 0 fully saturated rings. The van der Waals surface area contributed by atoms with Crippen LogP contribution in [0.2, 0.25) is 0 Å². The van der Waals surface area contributed by atoms with Crippen LogP contribution in [0, 0.1) is 6.92 Å². The topological polar surface area (TPSA) is 98.0 Å². The molecule has 2 heterocycles. The first-order chi connectivity index (χ1) is 12.3. The highest BCUT2D eigenvalue weighted by Crippen LogP contribution is 2.35. The molecule has 0 bridgehead atoms. The van der Waals surface area contributed by atoms with Gasteiger partial charge >= 0.3 is 5.97 Å². The predicted octanol–water partition coefficient (Wildman–Crippen LogP) is 2.65. The summed E-state index contributed by atoms with van der Waals surface area (Å²) in [6.45, 7) is 6.30. The highest BCUT2D eigenvalue weighted by molar-refractivity contribution is 5.89. The van der Waals surface area contributed by atoms with Crippen LogP contribution in [-0.2, 0) is 16.8 Å². The standard InChI is InChI=1S/C19H21NO6/c1-11-14(17(21)22)9-13(26-11)10-20-18(23)19(2,3)12-4-5-15-16(8-12)25-7-6-24-15/h4-5,8-9H,6-7,10H2,1-3H3,(H,20,23)(H,21,22). The van der Waals surface area contributed by atoms with Crippen molar-refractivity contribution in [3.05, 3.63) is 46.9 Å². The van der Waals surface area contributed by atoms with Gasteiger partial charge in [0.15, 0.2) is 11.5 Å². The lowest BCUT2D eigenvalue weighted by molar-refractivity contribution is -0.125. The van der Waals surface area contributed by atoms with Crippen molar-refractivity contribution >= 4 is 11.9 Å². The van der Waals surface area contributed by atoms with Crippen LogP contribution in [0.3, 0.4) is 0 Å². The van der Waals surface area contributed by atoms with E-state index in [4.69, 9.17) is 19.0 Å². The summed E-state index contributed by atoms with van der Waals surface area (Å²) in [5.74, 6) is 0.741. The van der Waals surface area contributed by atoms with Crippen molar-refractivity contribution in [1.29, 1.82) is 0 Å². The molecular weight excluding hydrogens is 338 g/mol. The number of nitrogens with one attached hydrogen (secondary N) is 1. The van der Waals surface area contributed by atoms with E-state index in [1.165, 1.54) is 6.07 Å². The van der Waals surface area contributed by atoms with Crippen molar-refractivity contribution in [2.45, 2.75) is 32.7 Å². The molecule has 0 saturated carbocycles. The van der Waals surface area contributed by atoms with Crippen LogP contribution < -0.4 is 14.8 Å². The number of furan rings is 1. The lowest BCUT2D eigenvalue weighted by Crippen LogP contribution is -2.39. The Labute approximate surface area is 150 Å². The highest BCUT2D eigenvalue weighted by Gasteiger charge is 2.31. The molecule has 0 saturated heterocycles. The lowest BCUT2D eigenvalue weighted by Gasteiger charge is -2.26. The Morgan fingerprint density at radius 2 is 1.85 bits per heavy atom. The fraction of sp³-hybridized carbons (Fsp3) is 0.368. The minimum atomic E-state index is -1.06. The monoisotopic (exact) mass is 359 g/mol. The Kier molecular flexibility index (Phi) is 4.63. The third-order valence-corrected chi connectivity index (χ3v) is 4.45. The maximum Gasteiger partial charge on any atom is 0.339 e. The van der Waals surface area contributed by atoms with E-state index in [1.807, 2.05) is 26.0 Å². The van der Waals surface area contributed by atoms with Gasteiger partial charge in [0.2, 0.25) is 5.91 Å². The van der Waals surface area contributed by atoms with Crippen LogP contribution in [0.25, 0.3) is 0 Å². The maximum absolute atomic E-state index is 12.7. The zero-order valence-electron chi connectivity index (χ0n) is 14.9. The van der Waals surface area contributed by atoms with Crippen molar-refractivity contribution in [2.24, 2.45) is 0 Å². The van der Waals surface area contributed by atoms with E-state index in [9.17, 15) is 9.59 Å². The lowest BCUT2D eigenvalue weighted by atomic mass is 9.83. The number of hydrogen-bond donors (Lipinski definition) is 2. The van der Waals surface area contributed by atoms with E-state index in [1.54, 1.807) is 13.0 Å². The van der Waals surface area contributed by atoms with Crippen LogP contribution in [-0.4, -0.2) is 30.2 Å². The van der Waals surface area contributed by atoms with Gasteiger partial charge in [0.05, 0.1) is 12.0 Å². The summed E-state index contributed by atoms with van der Waals surface area (Å²) in [4.78, 5) is 23.8. The maximum atomic E-state index is 12.7. The SMILES string of the molecule is Cc1oc(CNC(=O)C(C)(C)c2ccc3c(c2)OCCO3)cc1C(=O)O. The van der Waals surface area contributed by atoms with Crippen molar-refractivity contribution in [3.8, 4) is 11.5 Å². The summed E-state index contributed by atoms with van der Waals surface area (Å²) in [6, 6.07) is 6.88. The van der Waals surface area contributed by atoms with Gasteiger partial charge in [0.25, 0.3) is 0 Å². The minimum Gasteiger partial charge on any atom is -0.486 e.